The van der Waals surface area contributed by atoms with Crippen LogP contribution in [0.2, 0.25) is 10.0 Å². The molecule has 0 spiro atoms. The monoisotopic (exact) mass is 382 g/mol. The van der Waals surface area contributed by atoms with E-state index in [2.05, 4.69) is 5.32 Å². The summed E-state index contributed by atoms with van der Waals surface area (Å²) in [6, 6.07) is 4.90. The van der Waals surface area contributed by atoms with E-state index in [1.54, 1.807) is 32.2 Å². The summed E-state index contributed by atoms with van der Waals surface area (Å²) >= 11 is 12.0. The van der Waals surface area contributed by atoms with Crippen LogP contribution in [0.1, 0.15) is 34.1 Å². The predicted octanol–water partition coefficient (Wildman–Crippen LogP) is 4.76. The predicted molar refractivity (Wildman–Crippen MR) is 105 cm³/mol. The Morgan fingerprint density at radius 1 is 1.16 bits per heavy atom. The van der Waals surface area contributed by atoms with Gasteiger partial charge in [-0.2, -0.15) is 0 Å². The number of amides is 2. The average Bonchev–Trinajstić information content (AvgIpc) is 2.50. The van der Waals surface area contributed by atoms with Crippen molar-refractivity contribution in [1.29, 1.82) is 0 Å². The lowest BCUT2D eigenvalue weighted by molar-refractivity contribution is -0.127. The number of carbonyl (C=O) groups excluding carboxylic acids is 2. The molecule has 0 aliphatic heterocycles. The summed E-state index contributed by atoms with van der Waals surface area (Å²) in [5.74, 6) is -0.261. The lowest BCUT2D eigenvalue weighted by Gasteiger charge is -2.32. The smallest absolute Gasteiger partial charge is 0.252 e. The fourth-order valence-corrected chi connectivity index (χ4v) is 2.98. The molecule has 1 aromatic rings. The van der Waals surface area contributed by atoms with E-state index < -0.39 is 5.54 Å². The van der Waals surface area contributed by atoms with Gasteiger partial charge in [-0.15, -0.1) is 0 Å². The Hall–Kier alpha value is -1.78. The molecule has 0 heterocycles. The van der Waals surface area contributed by atoms with Crippen LogP contribution in [0.25, 0.3) is 0 Å². The van der Waals surface area contributed by atoms with Gasteiger partial charge in [-0.3, -0.25) is 9.59 Å². The minimum absolute atomic E-state index is 0.261. The van der Waals surface area contributed by atoms with Crippen molar-refractivity contribution in [3.8, 4) is 0 Å². The van der Waals surface area contributed by atoms with Crippen LogP contribution in [0.4, 0.5) is 5.69 Å². The highest BCUT2D eigenvalue weighted by molar-refractivity contribution is 6.35. The standard InChI is InChI=1S/C19H24Cl2N2O2/c1-13(2)6-7-14(3)11-19(4,22-12-24)18(25)23(5)17-9-15(20)8-16(21)10-17/h6-10,12H,11H2,1-5H3,(H,22,24)/b14-7+. The quantitative estimate of drug-likeness (QED) is 0.545. The number of halogens is 2. The van der Waals surface area contributed by atoms with Crippen molar-refractivity contribution in [2.45, 2.75) is 39.7 Å². The molecule has 6 heteroatoms. The lowest BCUT2D eigenvalue weighted by atomic mass is 9.91. The Balaban J connectivity index is 3.14. The Kier molecular flexibility index (Phi) is 7.71. The maximum absolute atomic E-state index is 13.0. The first-order valence-corrected chi connectivity index (χ1v) is 8.61. The second-order valence-electron chi connectivity index (χ2n) is 6.52. The summed E-state index contributed by atoms with van der Waals surface area (Å²) in [4.78, 5) is 25.6. The van der Waals surface area contributed by atoms with Crippen LogP contribution in [0.5, 0.6) is 0 Å². The van der Waals surface area contributed by atoms with Crippen molar-refractivity contribution in [3.63, 3.8) is 0 Å². The van der Waals surface area contributed by atoms with E-state index in [1.165, 1.54) is 4.90 Å². The maximum Gasteiger partial charge on any atom is 0.252 e. The zero-order valence-electron chi connectivity index (χ0n) is 15.2. The molecule has 0 fully saturated rings. The number of rotatable bonds is 7. The van der Waals surface area contributed by atoms with Crippen molar-refractivity contribution in [3.05, 3.63) is 51.5 Å². The van der Waals surface area contributed by atoms with Gasteiger partial charge in [-0.1, -0.05) is 46.5 Å². The van der Waals surface area contributed by atoms with Gasteiger partial charge in [0.15, 0.2) is 0 Å². The van der Waals surface area contributed by atoms with Crippen LogP contribution in [-0.4, -0.2) is 24.9 Å². The molecule has 0 aliphatic rings. The first-order valence-electron chi connectivity index (χ1n) is 7.85. The fourth-order valence-electron chi connectivity index (χ4n) is 2.46. The fraction of sp³-hybridized carbons (Fsp3) is 0.368. The van der Waals surface area contributed by atoms with Gasteiger partial charge in [0, 0.05) is 29.2 Å². The Labute approximate surface area is 159 Å². The van der Waals surface area contributed by atoms with Gasteiger partial charge in [-0.25, -0.2) is 0 Å². The molecule has 25 heavy (non-hydrogen) atoms. The number of allylic oxidation sites excluding steroid dienone is 3. The Morgan fingerprint density at radius 3 is 2.20 bits per heavy atom. The number of nitrogens with zero attached hydrogens (tertiary/aromatic N) is 1. The third-order valence-electron chi connectivity index (χ3n) is 3.72. The molecule has 0 aliphatic carbocycles. The molecule has 0 aromatic heterocycles. The summed E-state index contributed by atoms with van der Waals surface area (Å²) in [7, 11) is 1.63. The highest BCUT2D eigenvalue weighted by Gasteiger charge is 2.36. The van der Waals surface area contributed by atoms with Gasteiger partial charge >= 0.3 is 0 Å². The van der Waals surface area contributed by atoms with E-state index in [0.29, 0.717) is 28.6 Å². The summed E-state index contributed by atoms with van der Waals surface area (Å²) in [5.41, 5.74) is 1.61. The molecule has 1 rings (SSSR count). The van der Waals surface area contributed by atoms with E-state index in [9.17, 15) is 9.59 Å². The van der Waals surface area contributed by atoms with Crippen molar-refractivity contribution < 1.29 is 9.59 Å². The summed E-state index contributed by atoms with van der Waals surface area (Å²) in [5, 5.41) is 3.53. The molecule has 2 amide bonds. The molecule has 0 saturated carbocycles. The normalized spacial score (nSPS) is 13.6. The highest BCUT2D eigenvalue weighted by atomic mass is 35.5. The molecule has 0 bridgehead atoms. The van der Waals surface area contributed by atoms with Gasteiger partial charge in [0.2, 0.25) is 6.41 Å². The van der Waals surface area contributed by atoms with Gasteiger partial charge in [0.05, 0.1) is 0 Å². The van der Waals surface area contributed by atoms with Gasteiger partial charge in [0.1, 0.15) is 5.54 Å². The van der Waals surface area contributed by atoms with Crippen molar-refractivity contribution in [2.75, 3.05) is 11.9 Å². The van der Waals surface area contributed by atoms with Crippen LogP contribution in [0, 0.1) is 0 Å². The third-order valence-corrected chi connectivity index (χ3v) is 4.16. The topological polar surface area (TPSA) is 49.4 Å². The summed E-state index contributed by atoms with van der Waals surface area (Å²) < 4.78 is 0. The first-order chi connectivity index (χ1) is 11.6. The minimum Gasteiger partial charge on any atom is -0.344 e. The molecular formula is C19H24Cl2N2O2. The first kappa shape index (κ1) is 21.3. The van der Waals surface area contributed by atoms with Crippen LogP contribution in [-0.2, 0) is 9.59 Å². The lowest BCUT2D eigenvalue weighted by Crippen LogP contribution is -2.55. The number of benzene rings is 1. The average molecular weight is 383 g/mol. The van der Waals surface area contributed by atoms with Gasteiger partial charge in [0.25, 0.3) is 5.91 Å². The molecular weight excluding hydrogens is 359 g/mol. The molecule has 1 N–H and O–H groups in total. The highest BCUT2D eigenvalue weighted by Crippen LogP contribution is 2.27. The molecule has 4 nitrogen and oxygen atoms in total. The van der Waals surface area contributed by atoms with Crippen LogP contribution < -0.4 is 10.2 Å². The molecule has 0 radical (unpaired) electrons. The summed E-state index contributed by atoms with van der Waals surface area (Å²) in [6.07, 6.45) is 4.85. The molecule has 0 saturated heterocycles. The third kappa shape index (κ3) is 6.22. The largest absolute Gasteiger partial charge is 0.344 e. The van der Waals surface area contributed by atoms with E-state index in [1.807, 2.05) is 32.9 Å². The SMILES string of the molecule is CC(C)=C/C=C(\C)CC(C)(NC=O)C(=O)N(C)c1cc(Cl)cc(Cl)c1. The van der Waals surface area contributed by atoms with Gasteiger partial charge in [-0.05, 0) is 45.9 Å². The Bertz CT molecular complexity index is 689. The van der Waals surface area contributed by atoms with E-state index in [-0.39, 0.29) is 5.91 Å². The molecule has 1 unspecified atom stereocenters. The second kappa shape index (κ2) is 9.07. The number of hydrogen-bond donors (Lipinski definition) is 1. The van der Waals surface area contributed by atoms with Crippen LogP contribution in [0.15, 0.2) is 41.5 Å². The van der Waals surface area contributed by atoms with E-state index in [0.717, 1.165) is 11.1 Å². The second-order valence-corrected chi connectivity index (χ2v) is 7.39. The van der Waals surface area contributed by atoms with Crippen molar-refractivity contribution >= 4 is 41.2 Å². The van der Waals surface area contributed by atoms with Crippen LogP contribution in [0.3, 0.4) is 0 Å². The van der Waals surface area contributed by atoms with E-state index in [4.69, 9.17) is 23.2 Å². The zero-order valence-corrected chi connectivity index (χ0v) is 16.7. The molecule has 1 aromatic carbocycles. The van der Waals surface area contributed by atoms with E-state index >= 15 is 0 Å². The number of likely N-dealkylation sites (N-methyl/N-ethyl adjacent to an activating group) is 1. The van der Waals surface area contributed by atoms with Crippen LogP contribution >= 0.6 is 23.2 Å². The number of hydrogen-bond acceptors (Lipinski definition) is 2. The van der Waals surface area contributed by atoms with Crippen molar-refractivity contribution in [1.82, 2.24) is 5.32 Å². The maximum atomic E-state index is 13.0. The Morgan fingerprint density at radius 2 is 1.72 bits per heavy atom. The zero-order chi connectivity index (χ0) is 19.2. The van der Waals surface area contributed by atoms with Gasteiger partial charge < -0.3 is 10.2 Å². The van der Waals surface area contributed by atoms with Crippen molar-refractivity contribution in [2.24, 2.45) is 0 Å². The minimum atomic E-state index is -1.08. The number of carbonyl (C=O) groups is 2. The number of anilines is 1. The summed E-state index contributed by atoms with van der Waals surface area (Å²) in [6.45, 7) is 7.61. The number of nitrogens with one attached hydrogen (secondary N) is 1. The molecule has 1 atom stereocenters. The molecule has 136 valence electrons.